The molecule has 0 saturated carbocycles. The predicted octanol–water partition coefficient (Wildman–Crippen LogP) is 5.67. The fourth-order valence-corrected chi connectivity index (χ4v) is 5.62. The molecular weight excluding hydrogens is 579 g/mol. The first-order valence-corrected chi connectivity index (χ1v) is 13.4. The average molecular weight is 603 g/mol. The normalized spacial score (nSPS) is 16.9. The average Bonchev–Trinajstić information content (AvgIpc) is 3.49. The first-order valence-electron chi connectivity index (χ1n) is 12.6. The van der Waals surface area contributed by atoms with Gasteiger partial charge in [-0.05, 0) is 56.3 Å². The van der Waals surface area contributed by atoms with Gasteiger partial charge >= 0.3 is 6.18 Å². The first-order chi connectivity index (χ1) is 19.8. The van der Waals surface area contributed by atoms with Crippen molar-refractivity contribution in [3.05, 3.63) is 88.1 Å². The number of nitrogens with two attached hydrogens (primary N) is 1. The summed E-state index contributed by atoms with van der Waals surface area (Å²) in [4.78, 5) is 33.8. The Morgan fingerprint density at radius 2 is 1.81 bits per heavy atom. The number of benzene rings is 2. The summed E-state index contributed by atoms with van der Waals surface area (Å²) in [6.45, 7) is 1.82. The molecular formula is C29H23F5N4O3S. The highest BCUT2D eigenvalue weighted by molar-refractivity contribution is 7.17. The van der Waals surface area contributed by atoms with Gasteiger partial charge in [0.2, 0.25) is 5.91 Å². The molecule has 2 atom stereocenters. The summed E-state index contributed by atoms with van der Waals surface area (Å²) in [5.74, 6) is -5.00. The monoisotopic (exact) mass is 602 g/mol. The van der Waals surface area contributed by atoms with Crippen molar-refractivity contribution in [2.45, 2.75) is 31.4 Å². The summed E-state index contributed by atoms with van der Waals surface area (Å²) < 4.78 is 77.0. The largest absolute Gasteiger partial charge is 0.489 e. The molecule has 1 unspecified atom stereocenters. The summed E-state index contributed by atoms with van der Waals surface area (Å²) in [7, 11) is 0. The smallest absolute Gasteiger partial charge is 0.398 e. The number of aromatic nitrogens is 2. The van der Waals surface area contributed by atoms with Crippen LogP contribution in [-0.4, -0.2) is 41.1 Å². The minimum Gasteiger partial charge on any atom is -0.489 e. The van der Waals surface area contributed by atoms with Crippen molar-refractivity contribution in [3.63, 3.8) is 0 Å². The maximum absolute atomic E-state index is 14.5. The van der Waals surface area contributed by atoms with E-state index in [2.05, 4.69) is 15.3 Å². The van der Waals surface area contributed by atoms with E-state index >= 15 is 0 Å². The minimum absolute atomic E-state index is 0.0257. The number of hydrogen-bond donors (Lipinski definition) is 2. The van der Waals surface area contributed by atoms with Crippen LogP contribution in [0.15, 0.2) is 54.6 Å². The van der Waals surface area contributed by atoms with Crippen molar-refractivity contribution < 1.29 is 36.3 Å². The lowest BCUT2D eigenvalue weighted by molar-refractivity contribution is -0.149. The van der Waals surface area contributed by atoms with Crippen LogP contribution in [0.4, 0.5) is 22.0 Å². The van der Waals surface area contributed by atoms with Crippen LogP contribution in [-0.2, 0) is 10.2 Å². The van der Waals surface area contributed by atoms with Crippen LogP contribution in [0.2, 0.25) is 0 Å². The molecule has 3 heterocycles. The number of hydrogen-bond acceptors (Lipinski definition) is 6. The van der Waals surface area contributed by atoms with Gasteiger partial charge in [-0.1, -0.05) is 12.1 Å². The van der Waals surface area contributed by atoms with Crippen molar-refractivity contribution in [2.75, 3.05) is 13.2 Å². The van der Waals surface area contributed by atoms with Crippen molar-refractivity contribution in [1.82, 2.24) is 15.3 Å². The zero-order chi connectivity index (χ0) is 30.4. The van der Waals surface area contributed by atoms with Gasteiger partial charge < -0.3 is 15.8 Å². The van der Waals surface area contributed by atoms with Gasteiger partial charge in [-0.2, -0.15) is 13.2 Å². The highest BCUT2D eigenvalue weighted by Gasteiger charge is 2.47. The molecule has 0 spiro atoms. The second-order valence-corrected chi connectivity index (χ2v) is 11.0. The number of aryl methyl sites for hydroxylation is 1. The molecule has 4 aromatic rings. The number of pyridine rings is 1. The Balaban J connectivity index is 1.51. The molecule has 7 nitrogen and oxygen atoms in total. The third kappa shape index (κ3) is 5.31. The Hall–Kier alpha value is -4.39. The van der Waals surface area contributed by atoms with Gasteiger partial charge in [0.1, 0.15) is 50.9 Å². The van der Waals surface area contributed by atoms with Crippen LogP contribution in [0.25, 0.3) is 21.8 Å². The maximum Gasteiger partial charge on any atom is 0.398 e. The van der Waals surface area contributed by atoms with E-state index in [0.29, 0.717) is 0 Å². The molecule has 0 bridgehead atoms. The molecule has 1 aliphatic heterocycles. The SMILES string of the molecule is Cc1nc(-c2ccccc2F)sc1C(=O)NCC(c1cc2c(c(-c3ccc(F)cc3)n1)OC[C@]2(C)C(N)=O)C(F)(F)F. The fraction of sp³-hybridized carbons (Fsp3) is 0.241. The molecule has 13 heteroatoms. The molecule has 0 saturated heterocycles. The second kappa shape index (κ2) is 10.8. The van der Waals surface area contributed by atoms with Crippen molar-refractivity contribution in [1.29, 1.82) is 0 Å². The third-order valence-corrected chi connectivity index (χ3v) is 8.27. The van der Waals surface area contributed by atoms with E-state index < -0.39 is 53.2 Å². The lowest BCUT2D eigenvalue weighted by Crippen LogP contribution is -2.40. The molecule has 42 heavy (non-hydrogen) atoms. The lowest BCUT2D eigenvalue weighted by atomic mass is 9.82. The number of fused-ring (bicyclic) bond motifs is 1. The van der Waals surface area contributed by atoms with Crippen molar-refractivity contribution in [2.24, 2.45) is 5.73 Å². The zero-order valence-corrected chi connectivity index (χ0v) is 23.0. The van der Waals surface area contributed by atoms with E-state index in [0.717, 1.165) is 29.5 Å². The molecule has 0 aliphatic carbocycles. The van der Waals surface area contributed by atoms with Gasteiger partial charge in [-0.15, -0.1) is 11.3 Å². The molecule has 3 N–H and O–H groups in total. The van der Waals surface area contributed by atoms with Crippen molar-refractivity contribution in [3.8, 4) is 27.6 Å². The molecule has 1 aliphatic rings. The fourth-order valence-electron chi connectivity index (χ4n) is 4.61. The van der Waals surface area contributed by atoms with Crippen LogP contribution < -0.4 is 15.8 Å². The number of amides is 2. The predicted molar refractivity (Wildman–Crippen MR) is 145 cm³/mol. The van der Waals surface area contributed by atoms with Gasteiger partial charge in [0, 0.05) is 23.2 Å². The Bertz CT molecular complexity index is 1690. The third-order valence-electron chi connectivity index (χ3n) is 7.08. The van der Waals surface area contributed by atoms with Crippen LogP contribution in [0.3, 0.4) is 0 Å². The maximum atomic E-state index is 14.5. The molecule has 0 fully saturated rings. The molecule has 0 radical (unpaired) electrons. The minimum atomic E-state index is -4.88. The summed E-state index contributed by atoms with van der Waals surface area (Å²) in [5.41, 5.74) is 4.37. The van der Waals surface area contributed by atoms with Crippen LogP contribution in [0.5, 0.6) is 5.75 Å². The Labute approximate surface area is 240 Å². The van der Waals surface area contributed by atoms with E-state index in [1.807, 2.05) is 0 Å². The second-order valence-electron chi connectivity index (χ2n) is 9.98. The zero-order valence-electron chi connectivity index (χ0n) is 22.2. The van der Waals surface area contributed by atoms with Crippen LogP contribution >= 0.6 is 11.3 Å². The summed E-state index contributed by atoms with van der Waals surface area (Å²) in [5, 5.41) is 2.51. The van der Waals surface area contributed by atoms with E-state index in [9.17, 15) is 31.5 Å². The van der Waals surface area contributed by atoms with E-state index in [-0.39, 0.29) is 50.3 Å². The summed E-state index contributed by atoms with van der Waals surface area (Å²) in [6.07, 6.45) is -4.88. The van der Waals surface area contributed by atoms with Gasteiger partial charge in [-0.3, -0.25) is 9.59 Å². The number of primary amides is 1. The topological polar surface area (TPSA) is 107 Å². The van der Waals surface area contributed by atoms with Gasteiger partial charge in [0.25, 0.3) is 5.91 Å². The summed E-state index contributed by atoms with van der Waals surface area (Å²) >= 11 is 0.851. The number of alkyl halides is 3. The number of rotatable bonds is 7. The molecule has 2 aromatic carbocycles. The number of carbonyl (C=O) groups is 2. The molecule has 2 amide bonds. The Kier molecular flexibility index (Phi) is 7.48. The van der Waals surface area contributed by atoms with E-state index in [1.54, 1.807) is 6.07 Å². The van der Waals surface area contributed by atoms with Crippen LogP contribution in [0, 0.1) is 18.6 Å². The van der Waals surface area contributed by atoms with E-state index in [1.165, 1.54) is 44.2 Å². The number of thiazole rings is 1. The summed E-state index contributed by atoms with van der Waals surface area (Å²) in [6, 6.07) is 11.8. The van der Waals surface area contributed by atoms with Gasteiger partial charge in [0.15, 0.2) is 0 Å². The first kappa shape index (κ1) is 29.1. The highest BCUT2D eigenvalue weighted by Crippen LogP contribution is 2.46. The standard InChI is InChI=1S/C29H23F5N4O3S/c1-14-24(42-26(37-14)17-5-3-4-6-20(17)31)25(39)36-12-19(29(32,33)34)21-11-18-23(41-13-28(18,2)27(35)40)22(38-21)15-7-9-16(30)10-8-15/h3-11,19H,12-13H2,1-2H3,(H2,35,40)(H,36,39)/t19?,28-/m0/s1. The highest BCUT2D eigenvalue weighted by atomic mass is 32.1. The molecule has 2 aromatic heterocycles. The number of ether oxygens (including phenoxy) is 1. The van der Waals surface area contributed by atoms with Crippen molar-refractivity contribution >= 4 is 23.2 Å². The number of halogens is 5. The quantitative estimate of drug-likeness (QED) is 0.265. The Morgan fingerprint density at radius 3 is 2.45 bits per heavy atom. The number of nitrogens with zero attached hydrogens (tertiary/aromatic N) is 2. The van der Waals surface area contributed by atoms with E-state index in [4.69, 9.17) is 10.5 Å². The molecule has 5 rings (SSSR count). The van der Waals surface area contributed by atoms with Gasteiger partial charge in [0.05, 0.1) is 11.4 Å². The van der Waals surface area contributed by atoms with Gasteiger partial charge in [-0.25, -0.2) is 18.7 Å². The lowest BCUT2D eigenvalue weighted by Gasteiger charge is -2.24. The Morgan fingerprint density at radius 1 is 1.12 bits per heavy atom. The molecule has 218 valence electrons. The number of nitrogens with one attached hydrogen (secondary N) is 1. The van der Waals surface area contributed by atoms with Crippen LogP contribution in [0.1, 0.15) is 39.5 Å². The number of carbonyl (C=O) groups excluding carboxylic acids is 2.